The summed E-state index contributed by atoms with van der Waals surface area (Å²) < 4.78 is 13.0. The van der Waals surface area contributed by atoms with E-state index in [0.717, 1.165) is 31.5 Å². The lowest BCUT2D eigenvalue weighted by Crippen LogP contribution is -2.38. The van der Waals surface area contributed by atoms with E-state index in [2.05, 4.69) is 5.32 Å². The summed E-state index contributed by atoms with van der Waals surface area (Å²) in [6, 6.07) is 6.42. The van der Waals surface area contributed by atoms with E-state index >= 15 is 0 Å². The quantitative estimate of drug-likeness (QED) is 0.904. The lowest BCUT2D eigenvalue weighted by atomic mass is 9.95. The van der Waals surface area contributed by atoms with E-state index in [1.165, 1.54) is 12.1 Å². The van der Waals surface area contributed by atoms with Gasteiger partial charge < -0.3 is 10.2 Å². The van der Waals surface area contributed by atoms with Crippen LogP contribution in [-0.2, 0) is 4.79 Å². The summed E-state index contributed by atoms with van der Waals surface area (Å²) in [5.74, 6) is 0.400. The maximum absolute atomic E-state index is 13.0. The molecule has 116 valence electrons. The molecular formula is C17H25FN2O. The average molecular weight is 292 g/mol. The Morgan fingerprint density at radius 3 is 2.71 bits per heavy atom. The average Bonchev–Trinajstić information content (AvgIpc) is 2.49. The van der Waals surface area contributed by atoms with Crippen LogP contribution in [-0.4, -0.2) is 30.4 Å². The normalized spacial score (nSPS) is 20.0. The lowest BCUT2D eigenvalue weighted by Gasteiger charge is -2.31. The molecule has 1 aliphatic rings. The van der Waals surface area contributed by atoms with Crippen LogP contribution in [0.5, 0.6) is 0 Å². The molecule has 0 radical (unpaired) electrons. The topological polar surface area (TPSA) is 32.3 Å². The molecule has 1 fully saturated rings. The van der Waals surface area contributed by atoms with E-state index in [0.29, 0.717) is 18.9 Å². The maximum Gasteiger partial charge on any atom is 0.223 e. The summed E-state index contributed by atoms with van der Waals surface area (Å²) in [4.78, 5) is 14.4. The maximum atomic E-state index is 13.0. The van der Waals surface area contributed by atoms with Gasteiger partial charge in [-0.3, -0.25) is 4.79 Å². The summed E-state index contributed by atoms with van der Waals surface area (Å²) in [7, 11) is 0. The SMILES string of the molecule is CCN(C(=O)CC1CCCNC1)C(C)c1ccc(F)cc1. The van der Waals surface area contributed by atoms with Gasteiger partial charge in [-0.1, -0.05) is 12.1 Å². The van der Waals surface area contributed by atoms with Crippen molar-refractivity contribution < 1.29 is 9.18 Å². The standard InChI is InChI=1S/C17H25FN2O/c1-3-20(13(2)15-6-8-16(18)9-7-15)17(21)11-14-5-4-10-19-12-14/h6-9,13-14,19H,3-5,10-12H2,1-2H3. The molecule has 0 aromatic heterocycles. The van der Waals surface area contributed by atoms with Gasteiger partial charge in [-0.2, -0.15) is 0 Å². The van der Waals surface area contributed by atoms with Gasteiger partial charge in [0.2, 0.25) is 5.91 Å². The minimum absolute atomic E-state index is 0.0142. The number of amides is 1. The third-order valence-corrected chi connectivity index (χ3v) is 4.34. The first-order valence-corrected chi connectivity index (χ1v) is 7.87. The van der Waals surface area contributed by atoms with Crippen molar-refractivity contribution in [1.82, 2.24) is 10.2 Å². The molecule has 4 heteroatoms. The Labute approximate surface area is 126 Å². The molecule has 2 rings (SSSR count). The Balaban J connectivity index is 1.99. The number of rotatable bonds is 5. The van der Waals surface area contributed by atoms with Gasteiger partial charge in [-0.15, -0.1) is 0 Å². The zero-order valence-corrected chi connectivity index (χ0v) is 12.9. The second kappa shape index (κ2) is 7.55. The fraction of sp³-hybridized carbons (Fsp3) is 0.588. The van der Waals surface area contributed by atoms with Gasteiger partial charge in [0, 0.05) is 13.0 Å². The minimum Gasteiger partial charge on any atom is -0.336 e. The summed E-state index contributed by atoms with van der Waals surface area (Å²) in [5.41, 5.74) is 0.980. The molecule has 1 aromatic carbocycles. The van der Waals surface area contributed by atoms with Crippen LogP contribution in [0, 0.1) is 11.7 Å². The van der Waals surface area contributed by atoms with Gasteiger partial charge in [0.25, 0.3) is 0 Å². The molecule has 0 spiro atoms. The summed E-state index contributed by atoms with van der Waals surface area (Å²) in [6.45, 7) is 6.69. The Morgan fingerprint density at radius 2 is 2.14 bits per heavy atom. The van der Waals surface area contributed by atoms with Crippen molar-refractivity contribution in [3.05, 3.63) is 35.6 Å². The highest BCUT2D eigenvalue weighted by molar-refractivity contribution is 5.77. The lowest BCUT2D eigenvalue weighted by molar-refractivity contribution is -0.134. The van der Waals surface area contributed by atoms with Crippen LogP contribution in [0.2, 0.25) is 0 Å². The van der Waals surface area contributed by atoms with E-state index in [1.807, 2.05) is 18.7 Å². The Hall–Kier alpha value is -1.42. The smallest absolute Gasteiger partial charge is 0.223 e. The van der Waals surface area contributed by atoms with Crippen LogP contribution in [0.4, 0.5) is 4.39 Å². The van der Waals surface area contributed by atoms with Crippen LogP contribution in [0.25, 0.3) is 0 Å². The minimum atomic E-state index is -0.242. The van der Waals surface area contributed by atoms with E-state index in [1.54, 1.807) is 12.1 Å². The van der Waals surface area contributed by atoms with E-state index in [-0.39, 0.29) is 17.8 Å². The van der Waals surface area contributed by atoms with Crippen molar-refractivity contribution in [2.45, 2.75) is 39.2 Å². The molecule has 2 unspecified atom stereocenters. The molecule has 1 saturated heterocycles. The molecule has 2 atom stereocenters. The van der Waals surface area contributed by atoms with Crippen LogP contribution >= 0.6 is 0 Å². The third-order valence-electron chi connectivity index (χ3n) is 4.34. The highest BCUT2D eigenvalue weighted by Crippen LogP contribution is 2.23. The number of nitrogens with zero attached hydrogens (tertiary/aromatic N) is 1. The number of nitrogens with one attached hydrogen (secondary N) is 1. The Bertz CT molecular complexity index is 454. The number of halogens is 1. The van der Waals surface area contributed by atoms with E-state index in [9.17, 15) is 9.18 Å². The molecule has 1 aromatic rings. The number of piperidine rings is 1. The molecule has 1 heterocycles. The van der Waals surface area contributed by atoms with Crippen molar-refractivity contribution in [1.29, 1.82) is 0 Å². The van der Waals surface area contributed by atoms with Gasteiger partial charge in [-0.25, -0.2) is 4.39 Å². The van der Waals surface area contributed by atoms with Crippen molar-refractivity contribution in [2.24, 2.45) is 5.92 Å². The fourth-order valence-corrected chi connectivity index (χ4v) is 3.05. The van der Waals surface area contributed by atoms with Crippen LogP contribution in [0.3, 0.4) is 0 Å². The molecule has 1 N–H and O–H groups in total. The Morgan fingerprint density at radius 1 is 1.43 bits per heavy atom. The zero-order chi connectivity index (χ0) is 15.2. The first kappa shape index (κ1) is 16.0. The summed E-state index contributed by atoms with van der Waals surface area (Å²) >= 11 is 0. The highest BCUT2D eigenvalue weighted by atomic mass is 19.1. The van der Waals surface area contributed by atoms with Gasteiger partial charge in [-0.05, 0) is 63.4 Å². The predicted molar refractivity (Wildman–Crippen MR) is 82.4 cm³/mol. The molecule has 1 amide bonds. The molecule has 0 aliphatic carbocycles. The third kappa shape index (κ3) is 4.27. The van der Waals surface area contributed by atoms with E-state index < -0.39 is 0 Å². The molecule has 0 bridgehead atoms. The largest absolute Gasteiger partial charge is 0.336 e. The number of carbonyl (C=O) groups excluding carboxylic acids is 1. The number of hydrogen-bond acceptors (Lipinski definition) is 2. The van der Waals surface area contributed by atoms with Crippen molar-refractivity contribution in [3.63, 3.8) is 0 Å². The number of hydrogen-bond donors (Lipinski definition) is 1. The first-order valence-electron chi connectivity index (χ1n) is 7.87. The van der Waals surface area contributed by atoms with Crippen molar-refractivity contribution in [3.8, 4) is 0 Å². The Kier molecular flexibility index (Phi) is 5.74. The van der Waals surface area contributed by atoms with Crippen LogP contribution in [0.1, 0.15) is 44.7 Å². The van der Waals surface area contributed by atoms with Gasteiger partial charge in [0.05, 0.1) is 6.04 Å². The summed E-state index contributed by atoms with van der Waals surface area (Å²) in [5, 5.41) is 3.35. The monoisotopic (exact) mass is 292 g/mol. The molecule has 0 saturated carbocycles. The molecule has 1 aliphatic heterocycles. The van der Waals surface area contributed by atoms with Gasteiger partial charge in [0.15, 0.2) is 0 Å². The van der Waals surface area contributed by atoms with Gasteiger partial charge >= 0.3 is 0 Å². The second-order valence-corrected chi connectivity index (χ2v) is 5.82. The molecule has 21 heavy (non-hydrogen) atoms. The fourth-order valence-electron chi connectivity index (χ4n) is 3.05. The van der Waals surface area contributed by atoms with Crippen LogP contribution < -0.4 is 5.32 Å². The van der Waals surface area contributed by atoms with Crippen LogP contribution in [0.15, 0.2) is 24.3 Å². The highest BCUT2D eigenvalue weighted by Gasteiger charge is 2.24. The number of carbonyl (C=O) groups is 1. The van der Waals surface area contributed by atoms with Crippen molar-refractivity contribution >= 4 is 5.91 Å². The predicted octanol–water partition coefficient (Wildman–Crippen LogP) is 3.12. The molecule has 3 nitrogen and oxygen atoms in total. The summed E-state index contributed by atoms with van der Waals surface area (Å²) in [6.07, 6.45) is 2.88. The first-order chi connectivity index (χ1) is 10.1. The molecular weight excluding hydrogens is 267 g/mol. The van der Waals surface area contributed by atoms with Gasteiger partial charge in [0.1, 0.15) is 5.82 Å². The zero-order valence-electron chi connectivity index (χ0n) is 12.9. The second-order valence-electron chi connectivity index (χ2n) is 5.82. The number of benzene rings is 1. The van der Waals surface area contributed by atoms with E-state index in [4.69, 9.17) is 0 Å². The van der Waals surface area contributed by atoms with Crippen molar-refractivity contribution in [2.75, 3.05) is 19.6 Å².